The lowest BCUT2D eigenvalue weighted by Crippen LogP contribution is -2.03. The lowest BCUT2D eigenvalue weighted by Gasteiger charge is -1.88. The molecular weight excluding hydrogens is 135 g/mol. The van der Waals surface area contributed by atoms with Gasteiger partial charge in [0.05, 0.1) is 12.4 Å². The van der Waals surface area contributed by atoms with Crippen molar-refractivity contribution in [3.63, 3.8) is 0 Å². The SMILES string of the molecule is O=S(=O)(O)CCCF. The maximum atomic E-state index is 11.1. The maximum absolute atomic E-state index is 11.1. The maximum Gasteiger partial charge on any atom is 0.264 e. The fourth-order valence-corrected chi connectivity index (χ4v) is 0.711. The highest BCUT2D eigenvalue weighted by atomic mass is 32.2. The van der Waals surface area contributed by atoms with Crippen LogP contribution in [-0.4, -0.2) is 25.4 Å². The average Bonchev–Trinajstić information content (AvgIpc) is 1.59. The van der Waals surface area contributed by atoms with Crippen molar-refractivity contribution in [2.45, 2.75) is 6.42 Å². The zero-order chi connectivity index (χ0) is 6.62. The normalized spacial score (nSPS) is 11.8. The van der Waals surface area contributed by atoms with E-state index in [0.717, 1.165) is 0 Å². The molecule has 0 aliphatic carbocycles. The fourth-order valence-electron chi connectivity index (χ4n) is 0.237. The van der Waals surface area contributed by atoms with E-state index in [2.05, 4.69) is 0 Å². The molecule has 1 N–H and O–H groups in total. The van der Waals surface area contributed by atoms with Gasteiger partial charge in [0.2, 0.25) is 0 Å². The molecule has 0 saturated heterocycles. The van der Waals surface area contributed by atoms with Gasteiger partial charge in [0, 0.05) is 0 Å². The van der Waals surface area contributed by atoms with Crippen molar-refractivity contribution >= 4 is 10.1 Å². The van der Waals surface area contributed by atoms with Crippen LogP contribution in [0.15, 0.2) is 0 Å². The Balaban J connectivity index is 3.42. The fraction of sp³-hybridized carbons (Fsp3) is 1.00. The van der Waals surface area contributed by atoms with Gasteiger partial charge in [-0.1, -0.05) is 0 Å². The molecule has 0 spiro atoms. The van der Waals surface area contributed by atoms with E-state index in [0.29, 0.717) is 0 Å². The van der Waals surface area contributed by atoms with Crippen molar-refractivity contribution in [1.29, 1.82) is 0 Å². The van der Waals surface area contributed by atoms with E-state index in [-0.39, 0.29) is 6.42 Å². The van der Waals surface area contributed by atoms with Crippen molar-refractivity contribution in [3.05, 3.63) is 0 Å². The topological polar surface area (TPSA) is 54.4 Å². The molecule has 0 unspecified atom stereocenters. The van der Waals surface area contributed by atoms with E-state index in [1.165, 1.54) is 0 Å². The van der Waals surface area contributed by atoms with Gasteiger partial charge < -0.3 is 0 Å². The van der Waals surface area contributed by atoms with Gasteiger partial charge in [-0.05, 0) is 6.42 Å². The summed E-state index contributed by atoms with van der Waals surface area (Å²) >= 11 is 0. The third-order valence-corrected chi connectivity index (χ3v) is 1.34. The Kier molecular flexibility index (Phi) is 2.93. The molecule has 0 aromatic carbocycles. The van der Waals surface area contributed by atoms with E-state index in [1.54, 1.807) is 0 Å². The quantitative estimate of drug-likeness (QED) is 0.574. The second-order valence-electron chi connectivity index (χ2n) is 1.33. The van der Waals surface area contributed by atoms with Crippen LogP contribution in [-0.2, 0) is 10.1 Å². The van der Waals surface area contributed by atoms with Gasteiger partial charge in [0.15, 0.2) is 0 Å². The Hall–Kier alpha value is -0.160. The van der Waals surface area contributed by atoms with E-state index < -0.39 is 22.5 Å². The van der Waals surface area contributed by atoms with Crippen molar-refractivity contribution in [2.75, 3.05) is 12.4 Å². The smallest absolute Gasteiger partial charge is 0.264 e. The van der Waals surface area contributed by atoms with Crippen LogP contribution in [0.1, 0.15) is 6.42 Å². The van der Waals surface area contributed by atoms with Crippen LogP contribution in [0.5, 0.6) is 0 Å². The average molecular weight is 142 g/mol. The summed E-state index contributed by atoms with van der Waals surface area (Å²) in [5, 5.41) is 0. The zero-order valence-corrected chi connectivity index (χ0v) is 4.99. The third-order valence-electron chi connectivity index (χ3n) is 0.536. The lowest BCUT2D eigenvalue weighted by atomic mass is 10.6. The first-order chi connectivity index (χ1) is 3.56. The first-order valence-corrected chi connectivity index (χ1v) is 3.68. The molecule has 0 amide bonds. The molecule has 0 atom stereocenters. The molecule has 0 radical (unpaired) electrons. The molecule has 8 heavy (non-hydrogen) atoms. The van der Waals surface area contributed by atoms with Gasteiger partial charge in [-0.25, -0.2) is 0 Å². The minimum absolute atomic E-state index is 0.126. The number of halogens is 1. The summed E-state index contributed by atoms with van der Waals surface area (Å²) < 4.78 is 38.7. The Morgan fingerprint density at radius 1 is 1.50 bits per heavy atom. The van der Waals surface area contributed by atoms with Crippen LogP contribution in [0.3, 0.4) is 0 Å². The molecule has 0 aliphatic heterocycles. The Labute approximate surface area is 47.3 Å². The van der Waals surface area contributed by atoms with Crippen LogP contribution in [0.4, 0.5) is 4.39 Å². The van der Waals surface area contributed by atoms with Crippen molar-refractivity contribution < 1.29 is 17.4 Å². The summed E-state index contributed by atoms with van der Waals surface area (Å²) in [6, 6.07) is 0. The van der Waals surface area contributed by atoms with Crippen molar-refractivity contribution in [1.82, 2.24) is 0 Å². The Morgan fingerprint density at radius 3 is 2.12 bits per heavy atom. The second-order valence-corrected chi connectivity index (χ2v) is 2.90. The summed E-state index contributed by atoms with van der Waals surface area (Å²) in [6.07, 6.45) is -0.126. The first-order valence-electron chi connectivity index (χ1n) is 2.07. The largest absolute Gasteiger partial charge is 0.286 e. The molecule has 0 rings (SSSR count). The summed E-state index contributed by atoms with van der Waals surface area (Å²) in [6.45, 7) is -0.709. The van der Waals surface area contributed by atoms with E-state index in [1.807, 2.05) is 0 Å². The highest BCUT2D eigenvalue weighted by Gasteiger charge is 2.01. The molecule has 0 fully saturated rings. The van der Waals surface area contributed by atoms with Crippen LogP contribution < -0.4 is 0 Å². The summed E-state index contributed by atoms with van der Waals surface area (Å²) in [5.41, 5.74) is 0. The third kappa shape index (κ3) is 5.84. The number of rotatable bonds is 3. The van der Waals surface area contributed by atoms with Gasteiger partial charge >= 0.3 is 0 Å². The predicted octanol–water partition coefficient (Wildman–Crippen LogP) is 0.234. The van der Waals surface area contributed by atoms with Crippen LogP contribution in [0, 0.1) is 0 Å². The second kappa shape index (κ2) is 2.99. The lowest BCUT2D eigenvalue weighted by molar-refractivity contribution is 0.457. The molecule has 0 aliphatic rings. The molecule has 0 heterocycles. The van der Waals surface area contributed by atoms with Gasteiger partial charge in [-0.3, -0.25) is 8.94 Å². The Bertz CT molecular complexity index is 139. The van der Waals surface area contributed by atoms with Crippen LogP contribution in [0.25, 0.3) is 0 Å². The molecule has 0 aromatic heterocycles. The van der Waals surface area contributed by atoms with Crippen LogP contribution >= 0.6 is 0 Å². The molecule has 3 nitrogen and oxygen atoms in total. The molecule has 0 saturated carbocycles. The summed E-state index contributed by atoms with van der Waals surface area (Å²) in [7, 11) is -3.93. The predicted molar refractivity (Wildman–Crippen MR) is 27.0 cm³/mol. The Morgan fingerprint density at radius 2 is 2.00 bits per heavy atom. The van der Waals surface area contributed by atoms with Gasteiger partial charge in [0.25, 0.3) is 10.1 Å². The van der Waals surface area contributed by atoms with Gasteiger partial charge in [0.1, 0.15) is 0 Å². The van der Waals surface area contributed by atoms with Crippen LogP contribution in [0.2, 0.25) is 0 Å². The van der Waals surface area contributed by atoms with Gasteiger partial charge in [-0.15, -0.1) is 0 Å². The number of hydrogen-bond donors (Lipinski definition) is 1. The van der Waals surface area contributed by atoms with E-state index >= 15 is 0 Å². The minimum Gasteiger partial charge on any atom is -0.286 e. The number of alkyl halides is 1. The van der Waals surface area contributed by atoms with Crippen molar-refractivity contribution in [3.8, 4) is 0 Å². The van der Waals surface area contributed by atoms with E-state index in [4.69, 9.17) is 4.55 Å². The zero-order valence-electron chi connectivity index (χ0n) is 4.17. The minimum atomic E-state index is -3.93. The summed E-state index contributed by atoms with van der Waals surface area (Å²) in [5.74, 6) is -0.483. The standard InChI is InChI=1S/C3H7FO3S/c4-2-1-3-8(5,6)7/h1-3H2,(H,5,6,7). The molecule has 50 valence electrons. The highest BCUT2D eigenvalue weighted by Crippen LogP contribution is 1.87. The van der Waals surface area contributed by atoms with E-state index in [9.17, 15) is 12.8 Å². The van der Waals surface area contributed by atoms with Gasteiger partial charge in [-0.2, -0.15) is 8.42 Å². The van der Waals surface area contributed by atoms with Crippen molar-refractivity contribution in [2.24, 2.45) is 0 Å². The molecule has 5 heteroatoms. The number of hydrogen-bond acceptors (Lipinski definition) is 2. The highest BCUT2D eigenvalue weighted by molar-refractivity contribution is 7.85. The first kappa shape index (κ1) is 7.84. The molecule has 0 bridgehead atoms. The molecular formula is C3H7FO3S. The summed E-state index contributed by atoms with van der Waals surface area (Å²) in [4.78, 5) is 0. The molecule has 0 aromatic rings. The monoisotopic (exact) mass is 142 g/mol.